The second-order valence-electron chi connectivity index (χ2n) is 8.88. The summed E-state index contributed by atoms with van der Waals surface area (Å²) in [5.41, 5.74) is 2.60. The first kappa shape index (κ1) is 20.2. The zero-order valence-corrected chi connectivity index (χ0v) is 17.4. The van der Waals surface area contributed by atoms with Gasteiger partial charge in [0.2, 0.25) is 5.91 Å². The van der Waals surface area contributed by atoms with E-state index in [-0.39, 0.29) is 6.42 Å². The molecule has 1 aromatic heterocycles. The Bertz CT molecular complexity index is 1230. The van der Waals surface area contributed by atoms with Crippen molar-refractivity contribution < 1.29 is 27.5 Å². The summed E-state index contributed by atoms with van der Waals surface area (Å²) in [5.74, 6) is -0.524. The molecule has 4 heterocycles. The molecule has 0 radical (unpaired) electrons. The maximum absolute atomic E-state index is 13.8. The molecule has 2 N–H and O–H groups in total. The number of imide groups is 1. The molecule has 6 rings (SSSR count). The lowest BCUT2D eigenvalue weighted by molar-refractivity contribution is -0.237. The zero-order valence-electron chi connectivity index (χ0n) is 17.4. The first-order valence-electron chi connectivity index (χ1n) is 10.6. The number of ether oxygens (including phenoxy) is 1. The Labute approximate surface area is 186 Å². The number of halogens is 3. The average Bonchev–Trinajstić information content (AvgIpc) is 3.03. The highest BCUT2D eigenvalue weighted by Gasteiger charge is 2.67. The van der Waals surface area contributed by atoms with Crippen LogP contribution in [-0.4, -0.2) is 47.9 Å². The van der Waals surface area contributed by atoms with Crippen LogP contribution in [0.1, 0.15) is 12.5 Å². The van der Waals surface area contributed by atoms with Crippen LogP contribution in [0.25, 0.3) is 11.1 Å². The van der Waals surface area contributed by atoms with E-state index in [1.807, 2.05) is 18.2 Å². The fourth-order valence-electron chi connectivity index (χ4n) is 5.80. The van der Waals surface area contributed by atoms with Gasteiger partial charge in [0.05, 0.1) is 12.6 Å². The van der Waals surface area contributed by atoms with E-state index in [2.05, 4.69) is 15.6 Å². The van der Waals surface area contributed by atoms with Gasteiger partial charge in [0, 0.05) is 23.8 Å². The summed E-state index contributed by atoms with van der Waals surface area (Å²) in [7, 11) is 0. The smallest absolute Gasteiger partial charge is 0.361 e. The summed E-state index contributed by atoms with van der Waals surface area (Å²) in [6.45, 7) is 1.19. The normalized spacial score (nSPS) is 30.3. The molecular weight excluding hydrogens is 437 g/mol. The van der Waals surface area contributed by atoms with Crippen molar-refractivity contribution in [2.24, 2.45) is 5.41 Å². The molecule has 1 aliphatic carbocycles. The lowest BCUT2D eigenvalue weighted by atomic mass is 9.69. The predicted octanol–water partition coefficient (Wildman–Crippen LogP) is 2.92. The lowest BCUT2D eigenvalue weighted by Gasteiger charge is -2.54. The number of alkyl halides is 3. The third-order valence-corrected chi connectivity index (χ3v) is 7.16. The van der Waals surface area contributed by atoms with Gasteiger partial charge in [-0.25, -0.2) is 4.79 Å². The fraction of sp³-hybridized carbons (Fsp3) is 0.348. The number of morpholine rings is 1. The summed E-state index contributed by atoms with van der Waals surface area (Å²) in [6.07, 6.45) is -3.98. The van der Waals surface area contributed by atoms with Crippen molar-refractivity contribution in [1.29, 1.82) is 0 Å². The molecule has 33 heavy (non-hydrogen) atoms. The molecule has 1 aromatic carbocycles. The Balaban J connectivity index is 1.55. The molecular formula is C23H19F3N4O3. The van der Waals surface area contributed by atoms with Crippen molar-refractivity contribution in [3.8, 4) is 11.1 Å². The Hall–Kier alpha value is -3.40. The number of anilines is 1. The number of aromatic nitrogens is 1. The number of benzene rings is 1. The molecule has 2 saturated heterocycles. The monoisotopic (exact) mass is 456 g/mol. The molecule has 10 heteroatoms. The third-order valence-electron chi connectivity index (χ3n) is 7.16. The van der Waals surface area contributed by atoms with Crippen LogP contribution < -0.4 is 15.5 Å². The van der Waals surface area contributed by atoms with Gasteiger partial charge in [-0.05, 0) is 53.8 Å². The number of carbonyl (C=O) groups is 2. The van der Waals surface area contributed by atoms with Crippen LogP contribution in [-0.2, 0) is 16.0 Å². The molecule has 1 spiro atoms. The summed E-state index contributed by atoms with van der Waals surface area (Å²) in [6, 6.07) is 7.85. The van der Waals surface area contributed by atoms with Gasteiger partial charge in [0.15, 0.2) is 6.10 Å². The van der Waals surface area contributed by atoms with Gasteiger partial charge >= 0.3 is 12.2 Å². The molecule has 2 aromatic rings. The fourth-order valence-corrected chi connectivity index (χ4v) is 5.80. The molecule has 7 nitrogen and oxygen atoms in total. The van der Waals surface area contributed by atoms with Crippen molar-refractivity contribution in [2.45, 2.75) is 37.8 Å². The number of carbonyl (C=O) groups excluding carboxylic acids is 2. The first-order chi connectivity index (χ1) is 15.7. The topological polar surface area (TPSA) is 83.6 Å². The van der Waals surface area contributed by atoms with Gasteiger partial charge in [-0.2, -0.15) is 13.2 Å². The number of amides is 3. The van der Waals surface area contributed by atoms with Crippen molar-refractivity contribution in [1.82, 2.24) is 15.6 Å². The van der Waals surface area contributed by atoms with E-state index in [1.54, 1.807) is 36.4 Å². The van der Waals surface area contributed by atoms with E-state index in [1.165, 1.54) is 0 Å². The van der Waals surface area contributed by atoms with Crippen molar-refractivity contribution in [3.05, 3.63) is 59.6 Å². The Morgan fingerprint density at radius 2 is 2.00 bits per heavy atom. The molecule has 170 valence electrons. The maximum atomic E-state index is 13.8. The van der Waals surface area contributed by atoms with E-state index in [0.717, 1.165) is 16.7 Å². The van der Waals surface area contributed by atoms with E-state index in [0.29, 0.717) is 17.0 Å². The van der Waals surface area contributed by atoms with E-state index >= 15 is 0 Å². The van der Waals surface area contributed by atoms with E-state index < -0.39 is 48.3 Å². The average molecular weight is 456 g/mol. The number of hydrogen-bond acceptors (Lipinski definition) is 5. The largest absolute Gasteiger partial charge is 0.416 e. The quantitative estimate of drug-likeness (QED) is 0.690. The molecule has 0 bridgehead atoms. The minimum Gasteiger partial charge on any atom is -0.361 e. The van der Waals surface area contributed by atoms with Crippen LogP contribution >= 0.6 is 0 Å². The van der Waals surface area contributed by atoms with Crippen molar-refractivity contribution >= 4 is 17.6 Å². The van der Waals surface area contributed by atoms with Gasteiger partial charge in [0.1, 0.15) is 11.5 Å². The summed E-state index contributed by atoms with van der Waals surface area (Å²) in [5, 5.41) is 5.03. The molecule has 3 amide bonds. The molecule has 0 unspecified atom stereocenters. The number of urea groups is 1. The van der Waals surface area contributed by atoms with Crippen LogP contribution in [0.3, 0.4) is 0 Å². The highest BCUT2D eigenvalue weighted by Crippen LogP contribution is 2.56. The number of nitrogens with one attached hydrogen (secondary N) is 2. The van der Waals surface area contributed by atoms with Crippen molar-refractivity contribution in [3.63, 3.8) is 0 Å². The molecule has 2 fully saturated rings. The van der Waals surface area contributed by atoms with Gasteiger partial charge in [0.25, 0.3) is 0 Å². The van der Waals surface area contributed by atoms with Crippen LogP contribution in [0.4, 0.5) is 23.7 Å². The molecule has 4 atom stereocenters. The third kappa shape index (κ3) is 2.70. The van der Waals surface area contributed by atoms with E-state index in [4.69, 9.17) is 4.74 Å². The second kappa shape index (κ2) is 6.57. The summed E-state index contributed by atoms with van der Waals surface area (Å²) < 4.78 is 46.9. The van der Waals surface area contributed by atoms with Crippen LogP contribution in [0.15, 0.2) is 54.0 Å². The number of nitrogens with zero attached hydrogens (tertiary/aromatic N) is 2. The SMILES string of the molecule is CC1=C2NC(=O)NC(=O)[C@@]23Cc2cc(-c4cccnc4)ccc2N2C[C@@H](C(F)(F)F)O[C@@H]1[C@@H]23. The van der Waals surface area contributed by atoms with Gasteiger partial charge < -0.3 is 15.0 Å². The standard InChI is InChI=1S/C23H19F3N4O3/c1-11-17-19-22(18(11)28-21(32)29-20(22)31)8-14-7-12(13-3-2-6-27-9-13)4-5-15(14)30(19)10-16(33-17)23(24,25)26/h2-7,9,16-17,19H,8,10H2,1H3,(H2,28,29,31,32)/t16-,17-,19+,22-/m0/s1. The number of rotatable bonds is 1. The Kier molecular flexibility index (Phi) is 4.02. The molecule has 0 saturated carbocycles. The Morgan fingerprint density at radius 1 is 1.18 bits per heavy atom. The highest BCUT2D eigenvalue weighted by atomic mass is 19.4. The first-order valence-corrected chi connectivity index (χ1v) is 10.6. The highest BCUT2D eigenvalue weighted by molar-refractivity contribution is 6.05. The van der Waals surface area contributed by atoms with Gasteiger partial charge in [-0.3, -0.25) is 15.1 Å². The minimum atomic E-state index is -4.57. The van der Waals surface area contributed by atoms with Crippen LogP contribution in [0.5, 0.6) is 0 Å². The number of fused-ring (bicyclic) bond motifs is 2. The summed E-state index contributed by atoms with van der Waals surface area (Å²) in [4.78, 5) is 31.2. The van der Waals surface area contributed by atoms with Gasteiger partial charge in [-0.15, -0.1) is 0 Å². The maximum Gasteiger partial charge on any atom is 0.416 e. The number of pyridine rings is 1. The number of hydrogen-bond donors (Lipinski definition) is 2. The van der Waals surface area contributed by atoms with Crippen LogP contribution in [0.2, 0.25) is 0 Å². The van der Waals surface area contributed by atoms with Crippen LogP contribution in [0, 0.1) is 5.41 Å². The Morgan fingerprint density at radius 3 is 2.73 bits per heavy atom. The van der Waals surface area contributed by atoms with Gasteiger partial charge in [-0.1, -0.05) is 12.1 Å². The molecule has 4 aliphatic rings. The predicted molar refractivity (Wildman–Crippen MR) is 111 cm³/mol. The molecule has 3 aliphatic heterocycles. The zero-order chi connectivity index (χ0) is 23.1. The summed E-state index contributed by atoms with van der Waals surface area (Å²) >= 11 is 0. The second-order valence-corrected chi connectivity index (χ2v) is 8.88. The van der Waals surface area contributed by atoms with Crippen molar-refractivity contribution in [2.75, 3.05) is 11.4 Å². The minimum absolute atomic E-state index is 0.229. The lowest BCUT2D eigenvalue weighted by Crippen LogP contribution is -2.70. The van der Waals surface area contributed by atoms with E-state index in [9.17, 15) is 22.8 Å².